The number of carbonyl (C=O) groups excluding carboxylic acids is 3. The number of anilines is 2. The highest BCUT2D eigenvalue weighted by Gasteiger charge is 2.64. The van der Waals surface area contributed by atoms with Gasteiger partial charge < -0.3 is 14.5 Å². The van der Waals surface area contributed by atoms with Gasteiger partial charge in [0.25, 0.3) is 5.69 Å². The molecule has 0 aromatic heterocycles. The van der Waals surface area contributed by atoms with Crippen molar-refractivity contribution in [1.82, 2.24) is 9.80 Å². The summed E-state index contributed by atoms with van der Waals surface area (Å²) in [4.78, 5) is 57.0. The highest BCUT2D eigenvalue weighted by atomic mass is 16.6. The normalized spacial score (nSPS) is 21.2. The van der Waals surface area contributed by atoms with Crippen molar-refractivity contribution in [3.8, 4) is 5.75 Å². The maximum absolute atomic E-state index is 13.7. The van der Waals surface area contributed by atoms with Gasteiger partial charge >= 0.3 is 6.03 Å². The van der Waals surface area contributed by atoms with Gasteiger partial charge in [-0.1, -0.05) is 0 Å². The summed E-state index contributed by atoms with van der Waals surface area (Å²) in [5.41, 5.74) is 0.533. The van der Waals surface area contributed by atoms with E-state index in [0.717, 1.165) is 26.9 Å². The van der Waals surface area contributed by atoms with Crippen LogP contribution in [0.2, 0.25) is 0 Å². The Labute approximate surface area is 201 Å². The maximum Gasteiger partial charge on any atom is 0.332 e. The Morgan fingerprint density at radius 3 is 2.26 bits per heavy atom. The Morgan fingerprint density at radius 2 is 1.66 bits per heavy atom. The molecule has 5 rings (SSSR count). The quantitative estimate of drug-likeness (QED) is 0.372. The molecular weight excluding hydrogens is 454 g/mol. The predicted octanol–water partition coefficient (Wildman–Crippen LogP) is 1.89. The van der Waals surface area contributed by atoms with Gasteiger partial charge in [-0.05, 0) is 35.9 Å². The number of urea groups is 1. The number of nitro benzene ring substituents is 1. The number of fused-ring (bicyclic) bond motifs is 4. The monoisotopic (exact) mass is 479 g/mol. The topological polar surface area (TPSA) is 117 Å². The number of piperazine rings is 1. The largest absolute Gasteiger partial charge is 0.497 e. The van der Waals surface area contributed by atoms with E-state index in [4.69, 9.17) is 4.74 Å². The van der Waals surface area contributed by atoms with Gasteiger partial charge in [0.2, 0.25) is 11.8 Å². The minimum Gasteiger partial charge on any atom is -0.497 e. The van der Waals surface area contributed by atoms with Crippen LogP contribution < -0.4 is 14.5 Å². The van der Waals surface area contributed by atoms with Crippen LogP contribution in [0.4, 0.5) is 21.9 Å². The van der Waals surface area contributed by atoms with Gasteiger partial charge in [-0.2, -0.15) is 0 Å². The molecule has 2 fully saturated rings. The number of non-ortho nitro benzene ring substituents is 1. The summed E-state index contributed by atoms with van der Waals surface area (Å²) in [6.45, 7) is 1.46. The molecule has 0 radical (unpaired) electrons. The molecule has 35 heavy (non-hydrogen) atoms. The lowest BCUT2D eigenvalue weighted by Crippen LogP contribution is -2.74. The van der Waals surface area contributed by atoms with E-state index in [-0.39, 0.29) is 12.1 Å². The van der Waals surface area contributed by atoms with E-state index < -0.39 is 34.2 Å². The molecular formula is C24H25N5O6. The second-order valence-electron chi connectivity index (χ2n) is 9.08. The van der Waals surface area contributed by atoms with E-state index in [9.17, 15) is 24.5 Å². The summed E-state index contributed by atoms with van der Waals surface area (Å²) < 4.78 is 5.25. The molecule has 0 bridgehead atoms. The molecule has 3 heterocycles. The first-order valence-corrected chi connectivity index (χ1v) is 11.2. The number of imide groups is 2. The van der Waals surface area contributed by atoms with E-state index in [0.29, 0.717) is 25.2 Å². The van der Waals surface area contributed by atoms with Crippen molar-refractivity contribution < 1.29 is 24.0 Å². The number of hydrogen-bond acceptors (Lipinski definition) is 8. The average molecular weight is 479 g/mol. The number of ether oxygens (including phenoxy) is 1. The summed E-state index contributed by atoms with van der Waals surface area (Å²) in [5, 5.41) is 11.4. The minimum atomic E-state index is -1.59. The van der Waals surface area contributed by atoms with Crippen LogP contribution in [0.15, 0.2) is 42.5 Å². The van der Waals surface area contributed by atoms with E-state index in [1.807, 2.05) is 29.2 Å². The Morgan fingerprint density at radius 1 is 1.00 bits per heavy atom. The lowest BCUT2D eigenvalue weighted by atomic mass is 9.67. The summed E-state index contributed by atoms with van der Waals surface area (Å²) in [6.07, 6.45) is -0.0265. The van der Waals surface area contributed by atoms with Crippen LogP contribution >= 0.6 is 0 Å². The van der Waals surface area contributed by atoms with Crippen LogP contribution in [-0.2, 0) is 16.0 Å². The molecule has 1 spiro atoms. The van der Waals surface area contributed by atoms with E-state index >= 15 is 0 Å². The number of nitro groups is 1. The molecule has 3 aliphatic heterocycles. The van der Waals surface area contributed by atoms with Gasteiger partial charge in [0.1, 0.15) is 5.75 Å². The Balaban J connectivity index is 1.63. The first-order valence-electron chi connectivity index (χ1n) is 11.2. The molecule has 0 aliphatic carbocycles. The number of methoxy groups -OCH3 is 1. The molecule has 1 atom stereocenters. The summed E-state index contributed by atoms with van der Waals surface area (Å²) in [6, 6.07) is 10.8. The fraction of sp³-hybridized carbons (Fsp3) is 0.375. The number of amides is 4. The SMILES string of the molecule is COc1ccc(N2CCN3c4ccc([N+](=O)[O-])cc4CC4(C(=O)N(C)C(=O)N(C)C4=O)[C@@H]3C2)cc1. The number of hydrogen-bond donors (Lipinski definition) is 0. The third kappa shape index (κ3) is 3.22. The first kappa shape index (κ1) is 22.6. The van der Waals surface area contributed by atoms with Crippen molar-refractivity contribution >= 4 is 34.9 Å². The molecule has 4 amide bonds. The van der Waals surface area contributed by atoms with Crippen molar-refractivity contribution in [2.45, 2.75) is 12.5 Å². The van der Waals surface area contributed by atoms with E-state index in [1.54, 1.807) is 13.2 Å². The molecule has 2 aromatic rings. The fourth-order valence-corrected chi connectivity index (χ4v) is 5.57. The lowest BCUT2D eigenvalue weighted by Gasteiger charge is -2.56. The van der Waals surface area contributed by atoms with Crippen LogP contribution in [0, 0.1) is 15.5 Å². The van der Waals surface area contributed by atoms with Crippen molar-refractivity contribution in [3.05, 3.63) is 58.1 Å². The summed E-state index contributed by atoms with van der Waals surface area (Å²) >= 11 is 0. The van der Waals surface area contributed by atoms with Gasteiger partial charge in [-0.15, -0.1) is 0 Å². The third-order valence-electron chi connectivity index (χ3n) is 7.39. The first-order chi connectivity index (χ1) is 16.7. The van der Waals surface area contributed by atoms with Gasteiger partial charge in [0.05, 0.1) is 18.1 Å². The maximum atomic E-state index is 13.7. The molecule has 11 heteroatoms. The predicted molar refractivity (Wildman–Crippen MR) is 127 cm³/mol. The second kappa shape index (κ2) is 7.97. The molecule has 0 N–H and O–H groups in total. The van der Waals surface area contributed by atoms with Crippen molar-refractivity contribution in [3.63, 3.8) is 0 Å². The Kier molecular flexibility index (Phi) is 5.15. The zero-order valence-electron chi connectivity index (χ0n) is 19.6. The fourth-order valence-electron chi connectivity index (χ4n) is 5.57. The average Bonchev–Trinajstić information content (AvgIpc) is 2.89. The zero-order valence-corrected chi connectivity index (χ0v) is 19.6. The molecule has 0 unspecified atom stereocenters. The number of benzene rings is 2. The second-order valence-corrected chi connectivity index (χ2v) is 9.08. The number of carbonyl (C=O) groups is 3. The van der Waals surface area contributed by atoms with Gasteiger partial charge in [0, 0.05) is 63.7 Å². The highest BCUT2D eigenvalue weighted by Crippen LogP contribution is 2.47. The van der Waals surface area contributed by atoms with Crippen molar-refractivity contribution in [2.24, 2.45) is 5.41 Å². The summed E-state index contributed by atoms with van der Waals surface area (Å²) in [7, 11) is 4.33. The van der Waals surface area contributed by atoms with Crippen LogP contribution in [0.5, 0.6) is 5.75 Å². The van der Waals surface area contributed by atoms with Crippen LogP contribution in [0.25, 0.3) is 0 Å². The molecule has 2 saturated heterocycles. The van der Waals surface area contributed by atoms with Crippen LogP contribution in [-0.4, -0.2) is 79.4 Å². The van der Waals surface area contributed by atoms with Gasteiger partial charge in [-0.3, -0.25) is 29.5 Å². The molecule has 182 valence electrons. The standard InChI is InChI=1S/C24H25N5O6/c1-25-21(30)24(22(31)26(2)23(25)32)13-15-12-17(29(33)34)6-9-19(15)28-11-10-27(14-20(24)28)16-4-7-18(35-3)8-5-16/h4-9,12,20H,10-11,13-14H2,1-3H3/t20-/m0/s1. The summed E-state index contributed by atoms with van der Waals surface area (Å²) in [5.74, 6) is -0.458. The molecule has 2 aromatic carbocycles. The highest BCUT2D eigenvalue weighted by molar-refractivity contribution is 6.20. The Bertz CT molecular complexity index is 1220. The number of nitrogens with zero attached hydrogens (tertiary/aromatic N) is 5. The van der Waals surface area contributed by atoms with Crippen LogP contribution in [0.3, 0.4) is 0 Å². The van der Waals surface area contributed by atoms with Crippen molar-refractivity contribution in [1.29, 1.82) is 0 Å². The van der Waals surface area contributed by atoms with E-state index in [2.05, 4.69) is 4.90 Å². The van der Waals surface area contributed by atoms with Crippen LogP contribution in [0.1, 0.15) is 5.56 Å². The lowest BCUT2D eigenvalue weighted by molar-refractivity contribution is -0.384. The number of rotatable bonds is 3. The van der Waals surface area contributed by atoms with E-state index in [1.165, 1.54) is 26.2 Å². The third-order valence-corrected chi connectivity index (χ3v) is 7.39. The van der Waals surface area contributed by atoms with Crippen molar-refractivity contribution in [2.75, 3.05) is 50.6 Å². The smallest absolute Gasteiger partial charge is 0.332 e. The molecule has 0 saturated carbocycles. The molecule has 3 aliphatic rings. The molecule has 11 nitrogen and oxygen atoms in total. The van der Waals surface area contributed by atoms with Gasteiger partial charge in [-0.25, -0.2) is 4.79 Å². The zero-order chi connectivity index (χ0) is 25.1. The van der Waals surface area contributed by atoms with Gasteiger partial charge in [0.15, 0.2) is 5.41 Å². The number of barbiturate groups is 1. The Hall–Kier alpha value is -4.15. The minimum absolute atomic E-state index is 0.0265.